The van der Waals surface area contributed by atoms with Crippen molar-refractivity contribution >= 4 is 17.2 Å². The van der Waals surface area contributed by atoms with Gasteiger partial charge in [0.1, 0.15) is 0 Å². The lowest BCUT2D eigenvalue weighted by atomic mass is 10.0. The van der Waals surface area contributed by atoms with Gasteiger partial charge in [0.15, 0.2) is 0 Å². The molecule has 3 aromatic rings. The highest BCUT2D eigenvalue weighted by atomic mass is 32.1. The third-order valence-corrected chi connectivity index (χ3v) is 5.54. The first-order valence-electron chi connectivity index (χ1n) is 7.96. The third kappa shape index (κ3) is 2.71. The molecule has 4 rings (SSSR count). The zero-order chi connectivity index (χ0) is 16.4. The third-order valence-electron chi connectivity index (χ3n) is 4.46. The zero-order valence-corrected chi connectivity index (χ0v) is 13.9. The molecule has 0 radical (unpaired) electrons. The van der Waals surface area contributed by atoms with Crippen LogP contribution in [0, 0.1) is 0 Å². The van der Waals surface area contributed by atoms with Gasteiger partial charge in [0, 0.05) is 35.6 Å². The standard InChI is InChI=1S/C19H17N3OS/c23-18(19(7-8-19)16-4-2-12-24-16)22-13-15-3-1-9-21-17(15)14-5-10-20-11-6-14/h1-6,9-12H,7-8,13H2,(H,22,23). The predicted molar refractivity (Wildman–Crippen MR) is 94.5 cm³/mol. The van der Waals surface area contributed by atoms with Crippen LogP contribution in [0.4, 0.5) is 0 Å². The molecule has 24 heavy (non-hydrogen) atoms. The number of hydrogen-bond donors (Lipinski definition) is 1. The van der Waals surface area contributed by atoms with E-state index in [1.54, 1.807) is 29.9 Å². The van der Waals surface area contributed by atoms with E-state index in [9.17, 15) is 4.79 Å². The number of amides is 1. The molecule has 0 aromatic carbocycles. The maximum absolute atomic E-state index is 12.7. The highest BCUT2D eigenvalue weighted by molar-refractivity contribution is 7.10. The van der Waals surface area contributed by atoms with Crippen LogP contribution in [0.3, 0.4) is 0 Å². The molecule has 5 heteroatoms. The second-order valence-corrected chi connectivity index (χ2v) is 6.94. The van der Waals surface area contributed by atoms with Crippen molar-refractivity contribution in [3.63, 3.8) is 0 Å². The lowest BCUT2D eigenvalue weighted by Crippen LogP contribution is -2.33. The van der Waals surface area contributed by atoms with Gasteiger partial charge in [-0.25, -0.2) is 0 Å². The van der Waals surface area contributed by atoms with Gasteiger partial charge >= 0.3 is 0 Å². The molecule has 3 heterocycles. The number of aromatic nitrogens is 2. The summed E-state index contributed by atoms with van der Waals surface area (Å²) in [4.78, 5) is 22.4. The van der Waals surface area contributed by atoms with E-state index in [0.29, 0.717) is 6.54 Å². The summed E-state index contributed by atoms with van der Waals surface area (Å²) >= 11 is 1.66. The average Bonchev–Trinajstić information content (AvgIpc) is 3.27. The monoisotopic (exact) mass is 335 g/mol. The van der Waals surface area contributed by atoms with Crippen LogP contribution in [0.1, 0.15) is 23.3 Å². The van der Waals surface area contributed by atoms with Crippen LogP contribution in [0.25, 0.3) is 11.3 Å². The quantitative estimate of drug-likeness (QED) is 0.776. The number of nitrogens with zero attached hydrogens (tertiary/aromatic N) is 2. The van der Waals surface area contributed by atoms with Crippen molar-refractivity contribution in [3.8, 4) is 11.3 Å². The molecule has 120 valence electrons. The second kappa shape index (κ2) is 6.17. The molecule has 1 N–H and O–H groups in total. The Balaban J connectivity index is 1.52. The SMILES string of the molecule is O=C(NCc1cccnc1-c1ccncc1)C1(c2cccs2)CC1. The zero-order valence-electron chi connectivity index (χ0n) is 13.1. The number of pyridine rings is 2. The summed E-state index contributed by atoms with van der Waals surface area (Å²) in [7, 11) is 0. The maximum atomic E-state index is 12.7. The first-order chi connectivity index (χ1) is 11.8. The Kier molecular flexibility index (Phi) is 3.86. The molecule has 1 saturated carbocycles. The molecule has 3 aromatic heterocycles. The van der Waals surface area contributed by atoms with Gasteiger partial charge in [-0.05, 0) is 48.1 Å². The van der Waals surface area contributed by atoms with E-state index in [1.165, 1.54) is 4.88 Å². The van der Waals surface area contributed by atoms with Crippen LogP contribution < -0.4 is 5.32 Å². The fourth-order valence-corrected chi connectivity index (χ4v) is 3.94. The van der Waals surface area contributed by atoms with Crippen molar-refractivity contribution in [1.82, 2.24) is 15.3 Å². The number of rotatable bonds is 5. The van der Waals surface area contributed by atoms with E-state index in [1.807, 2.05) is 35.7 Å². The molecule has 0 aliphatic heterocycles. The van der Waals surface area contributed by atoms with E-state index in [-0.39, 0.29) is 11.3 Å². The number of carbonyl (C=O) groups is 1. The van der Waals surface area contributed by atoms with Gasteiger partial charge in [0.05, 0.1) is 11.1 Å². The maximum Gasteiger partial charge on any atom is 0.231 e. The number of thiophene rings is 1. The van der Waals surface area contributed by atoms with Crippen LogP contribution in [0.15, 0.2) is 60.4 Å². The molecule has 0 unspecified atom stereocenters. The van der Waals surface area contributed by atoms with Crippen LogP contribution in [-0.4, -0.2) is 15.9 Å². The number of carbonyl (C=O) groups excluding carboxylic acids is 1. The van der Waals surface area contributed by atoms with Crippen LogP contribution in [-0.2, 0) is 16.8 Å². The number of hydrogen-bond acceptors (Lipinski definition) is 4. The topological polar surface area (TPSA) is 54.9 Å². The predicted octanol–water partition coefficient (Wildman–Crippen LogP) is 3.55. The fraction of sp³-hybridized carbons (Fsp3) is 0.211. The molecular weight excluding hydrogens is 318 g/mol. The van der Waals surface area contributed by atoms with E-state index < -0.39 is 0 Å². The van der Waals surface area contributed by atoms with Gasteiger partial charge in [0.2, 0.25) is 5.91 Å². The van der Waals surface area contributed by atoms with E-state index in [0.717, 1.165) is 29.7 Å². The van der Waals surface area contributed by atoms with Crippen LogP contribution in [0.2, 0.25) is 0 Å². The van der Waals surface area contributed by atoms with Crippen molar-refractivity contribution in [1.29, 1.82) is 0 Å². The summed E-state index contributed by atoms with van der Waals surface area (Å²) < 4.78 is 0. The Labute approximate surface area is 144 Å². The minimum absolute atomic E-state index is 0.120. The summed E-state index contributed by atoms with van der Waals surface area (Å²) in [6, 6.07) is 11.8. The molecule has 1 aliphatic rings. The molecule has 1 aliphatic carbocycles. The summed E-state index contributed by atoms with van der Waals surface area (Å²) in [6.07, 6.45) is 7.15. The van der Waals surface area contributed by atoms with Crippen molar-refractivity contribution in [2.75, 3.05) is 0 Å². The van der Waals surface area contributed by atoms with Gasteiger partial charge in [0.25, 0.3) is 0 Å². The lowest BCUT2D eigenvalue weighted by molar-refractivity contribution is -0.123. The van der Waals surface area contributed by atoms with E-state index in [2.05, 4.69) is 21.4 Å². The number of nitrogens with one attached hydrogen (secondary N) is 1. The van der Waals surface area contributed by atoms with Gasteiger partial charge in [-0.15, -0.1) is 11.3 Å². The summed E-state index contributed by atoms with van der Waals surface area (Å²) in [5.74, 6) is 0.120. The highest BCUT2D eigenvalue weighted by Crippen LogP contribution is 2.50. The lowest BCUT2D eigenvalue weighted by Gasteiger charge is -2.15. The van der Waals surface area contributed by atoms with Crippen molar-refractivity contribution < 1.29 is 4.79 Å². The Morgan fingerprint density at radius 3 is 2.67 bits per heavy atom. The van der Waals surface area contributed by atoms with E-state index >= 15 is 0 Å². The smallest absolute Gasteiger partial charge is 0.231 e. The molecule has 1 fully saturated rings. The summed E-state index contributed by atoms with van der Waals surface area (Å²) in [5.41, 5.74) is 2.61. The fourth-order valence-electron chi connectivity index (χ4n) is 2.96. The molecule has 0 bridgehead atoms. The van der Waals surface area contributed by atoms with Gasteiger partial charge in [-0.3, -0.25) is 14.8 Å². The molecule has 0 atom stereocenters. The molecule has 0 saturated heterocycles. The summed E-state index contributed by atoms with van der Waals surface area (Å²) in [5, 5.41) is 5.15. The molecule has 4 nitrogen and oxygen atoms in total. The Bertz CT molecular complexity index is 842. The normalized spacial score (nSPS) is 15.0. The Morgan fingerprint density at radius 1 is 1.12 bits per heavy atom. The second-order valence-electron chi connectivity index (χ2n) is 5.99. The van der Waals surface area contributed by atoms with Crippen LogP contribution >= 0.6 is 11.3 Å². The van der Waals surface area contributed by atoms with Gasteiger partial charge < -0.3 is 5.32 Å². The molecular formula is C19H17N3OS. The highest BCUT2D eigenvalue weighted by Gasteiger charge is 2.51. The average molecular weight is 335 g/mol. The molecule has 0 spiro atoms. The van der Waals surface area contributed by atoms with Crippen molar-refractivity contribution in [2.45, 2.75) is 24.8 Å². The van der Waals surface area contributed by atoms with Crippen LogP contribution in [0.5, 0.6) is 0 Å². The van der Waals surface area contributed by atoms with Gasteiger partial charge in [-0.1, -0.05) is 12.1 Å². The summed E-state index contributed by atoms with van der Waals surface area (Å²) in [6.45, 7) is 0.484. The van der Waals surface area contributed by atoms with Gasteiger partial charge in [-0.2, -0.15) is 0 Å². The first kappa shape index (κ1) is 15.0. The Hall–Kier alpha value is -2.53. The molecule has 1 amide bonds. The van der Waals surface area contributed by atoms with E-state index in [4.69, 9.17) is 0 Å². The minimum atomic E-state index is -0.298. The first-order valence-corrected chi connectivity index (χ1v) is 8.84. The van der Waals surface area contributed by atoms with Crippen molar-refractivity contribution in [2.24, 2.45) is 0 Å². The Morgan fingerprint density at radius 2 is 1.96 bits per heavy atom. The van der Waals surface area contributed by atoms with Crippen molar-refractivity contribution in [3.05, 3.63) is 70.8 Å². The largest absolute Gasteiger partial charge is 0.351 e. The minimum Gasteiger partial charge on any atom is -0.351 e.